The third-order valence-corrected chi connectivity index (χ3v) is 11.8. The molecule has 2 heterocycles. The highest BCUT2D eigenvalue weighted by atomic mass is 32.1. The third kappa shape index (κ3) is 5.72. The van der Waals surface area contributed by atoms with Gasteiger partial charge in [-0.25, -0.2) is 0 Å². The summed E-state index contributed by atoms with van der Waals surface area (Å²) in [5, 5.41) is 5.02. The summed E-state index contributed by atoms with van der Waals surface area (Å²) in [6, 6.07) is 58.3. The normalized spacial score (nSPS) is 12.4. The predicted octanol–water partition coefficient (Wildman–Crippen LogP) is 13.6. The number of thiophene rings is 1. The fraction of sp³-hybridized carbons (Fsp3) is 0.0600. The molecule has 0 saturated heterocycles. The average molecular weight is 714 g/mol. The summed E-state index contributed by atoms with van der Waals surface area (Å²) in [4.78, 5) is 7.71. The molecule has 0 aliphatic rings. The fourth-order valence-corrected chi connectivity index (χ4v) is 8.97. The van der Waals surface area contributed by atoms with E-state index in [2.05, 4.69) is 194 Å². The zero-order chi connectivity index (χ0) is 36.8. The quantitative estimate of drug-likeness (QED) is 0.136. The number of aromatic nitrogens is 1. The Morgan fingerprint density at radius 3 is 2.00 bits per heavy atom. The van der Waals surface area contributed by atoms with Crippen LogP contribution in [0, 0.1) is 0 Å². The lowest BCUT2D eigenvalue weighted by Crippen LogP contribution is -2.23. The highest BCUT2D eigenvalue weighted by molar-refractivity contribution is 7.25. The minimum absolute atomic E-state index is 0.292. The molecule has 0 saturated carbocycles. The van der Waals surface area contributed by atoms with Gasteiger partial charge in [-0.2, -0.15) is 0 Å². The van der Waals surface area contributed by atoms with Crippen LogP contribution in [0.4, 0.5) is 0 Å². The van der Waals surface area contributed by atoms with Crippen LogP contribution in [0.25, 0.3) is 70.6 Å². The monoisotopic (exact) mass is 713 g/mol. The second-order valence-electron chi connectivity index (χ2n) is 13.8. The van der Waals surface area contributed by atoms with Gasteiger partial charge in [0.05, 0.1) is 11.0 Å². The van der Waals surface area contributed by atoms with Gasteiger partial charge in [0.1, 0.15) is 6.17 Å². The summed E-state index contributed by atoms with van der Waals surface area (Å²) < 4.78 is 4.89. The van der Waals surface area contributed by atoms with E-state index in [1.165, 1.54) is 47.5 Å². The van der Waals surface area contributed by atoms with E-state index in [0.29, 0.717) is 0 Å². The van der Waals surface area contributed by atoms with Gasteiger partial charge in [-0.15, -0.1) is 11.3 Å². The number of benzene rings is 7. The topological polar surface area (TPSA) is 20.5 Å². The Balaban J connectivity index is 1.09. The van der Waals surface area contributed by atoms with Gasteiger partial charge < -0.3 is 9.47 Å². The zero-order valence-electron chi connectivity index (χ0n) is 30.4. The standard InChI is InChI=1S/C50H39N3S/c1-5-35-32-39(53-45-22-12-9-18-41(45)42-19-10-13-23-46(42)53)30-31-40(35)38-28-26-36(27-29-38)33(2)51-50(52(4)34(3)37-16-7-6-8-17-37)44-21-15-25-48-49(44)43-20-11-14-24-47(43)54-48/h5-32,50H,1,3H2,2,4H3/b51-33+. The molecule has 260 valence electrons. The van der Waals surface area contributed by atoms with Gasteiger partial charge >= 0.3 is 0 Å². The van der Waals surface area contributed by atoms with Crippen molar-refractivity contribution in [1.82, 2.24) is 9.47 Å². The van der Waals surface area contributed by atoms with Crippen molar-refractivity contribution >= 4 is 70.8 Å². The minimum Gasteiger partial charge on any atom is -0.349 e. The number of fused-ring (bicyclic) bond motifs is 6. The first kappa shape index (κ1) is 33.4. The Morgan fingerprint density at radius 2 is 1.30 bits per heavy atom. The average Bonchev–Trinajstić information content (AvgIpc) is 3.78. The molecule has 9 rings (SSSR count). The molecule has 7 aromatic carbocycles. The van der Waals surface area contributed by atoms with Crippen LogP contribution in [-0.2, 0) is 0 Å². The number of rotatable bonds is 9. The second kappa shape index (κ2) is 13.8. The maximum atomic E-state index is 5.49. The van der Waals surface area contributed by atoms with Crippen molar-refractivity contribution in [3.05, 3.63) is 199 Å². The smallest absolute Gasteiger partial charge is 0.147 e. The molecule has 54 heavy (non-hydrogen) atoms. The van der Waals surface area contributed by atoms with Crippen LogP contribution in [0.2, 0.25) is 0 Å². The molecule has 2 aromatic heterocycles. The molecule has 4 heteroatoms. The number of aliphatic imine (C=N–C) groups is 1. The molecule has 9 aromatic rings. The van der Waals surface area contributed by atoms with Crippen molar-refractivity contribution in [2.45, 2.75) is 13.1 Å². The van der Waals surface area contributed by atoms with E-state index < -0.39 is 0 Å². The molecule has 0 fully saturated rings. The van der Waals surface area contributed by atoms with Crippen LogP contribution in [-0.4, -0.2) is 22.2 Å². The van der Waals surface area contributed by atoms with E-state index in [-0.39, 0.29) is 6.17 Å². The first-order valence-corrected chi connectivity index (χ1v) is 19.1. The molecule has 3 nitrogen and oxygen atoms in total. The summed E-state index contributed by atoms with van der Waals surface area (Å²) in [5.74, 6) is 0. The lowest BCUT2D eigenvalue weighted by molar-refractivity contribution is 0.371. The summed E-state index contributed by atoms with van der Waals surface area (Å²) in [6.07, 6.45) is 1.67. The van der Waals surface area contributed by atoms with E-state index in [1.54, 1.807) is 0 Å². The van der Waals surface area contributed by atoms with Crippen molar-refractivity contribution in [2.24, 2.45) is 4.99 Å². The Labute approximate surface area is 320 Å². The summed E-state index contributed by atoms with van der Waals surface area (Å²) >= 11 is 1.83. The molecular weight excluding hydrogens is 675 g/mol. The van der Waals surface area contributed by atoms with Crippen LogP contribution in [0.3, 0.4) is 0 Å². The van der Waals surface area contributed by atoms with Crippen LogP contribution < -0.4 is 0 Å². The van der Waals surface area contributed by atoms with E-state index in [1.807, 2.05) is 23.5 Å². The van der Waals surface area contributed by atoms with Crippen molar-refractivity contribution in [3.63, 3.8) is 0 Å². The summed E-state index contributed by atoms with van der Waals surface area (Å²) in [5.41, 5.74) is 12.1. The van der Waals surface area contributed by atoms with Gasteiger partial charge in [-0.1, -0.05) is 147 Å². The first-order valence-electron chi connectivity index (χ1n) is 18.3. The van der Waals surface area contributed by atoms with Gasteiger partial charge in [0.25, 0.3) is 0 Å². The van der Waals surface area contributed by atoms with Gasteiger partial charge in [-0.3, -0.25) is 4.99 Å². The van der Waals surface area contributed by atoms with Crippen LogP contribution in [0.1, 0.15) is 35.3 Å². The van der Waals surface area contributed by atoms with Crippen molar-refractivity contribution < 1.29 is 0 Å². The SMILES string of the molecule is C=Cc1cc(-n2c3ccccc3c3ccccc32)ccc1-c1ccc(/C(C)=N/C(c2cccc3sc4ccccc4c23)N(C)C(=C)c2ccccc2)cc1. The number of hydrogen-bond donors (Lipinski definition) is 0. The van der Waals surface area contributed by atoms with Crippen LogP contribution in [0.15, 0.2) is 182 Å². The predicted molar refractivity (Wildman–Crippen MR) is 234 cm³/mol. The molecule has 0 aliphatic heterocycles. The molecule has 0 N–H and O–H groups in total. The number of para-hydroxylation sites is 2. The van der Waals surface area contributed by atoms with Gasteiger partial charge in [0.2, 0.25) is 0 Å². The lowest BCUT2D eigenvalue weighted by Gasteiger charge is -2.30. The Bertz CT molecular complexity index is 2840. The van der Waals surface area contributed by atoms with Gasteiger partial charge in [0, 0.05) is 60.7 Å². The maximum Gasteiger partial charge on any atom is 0.147 e. The Kier molecular flexibility index (Phi) is 8.53. The zero-order valence-corrected chi connectivity index (χ0v) is 31.2. The van der Waals surface area contributed by atoms with E-state index >= 15 is 0 Å². The molecule has 0 amide bonds. The molecule has 0 bridgehead atoms. The van der Waals surface area contributed by atoms with Crippen molar-refractivity contribution in [2.75, 3.05) is 7.05 Å². The molecular formula is C50H39N3S. The molecule has 0 radical (unpaired) electrons. The Morgan fingerprint density at radius 1 is 0.667 bits per heavy atom. The largest absolute Gasteiger partial charge is 0.349 e. The number of nitrogens with zero attached hydrogens (tertiary/aromatic N) is 3. The molecule has 0 aliphatic carbocycles. The highest BCUT2D eigenvalue weighted by Gasteiger charge is 2.23. The third-order valence-electron chi connectivity index (χ3n) is 10.6. The van der Waals surface area contributed by atoms with Crippen LogP contribution in [0.5, 0.6) is 0 Å². The summed E-state index contributed by atoms with van der Waals surface area (Å²) in [6.45, 7) is 10.9. The Hall–Kier alpha value is -6.49. The van der Waals surface area contributed by atoms with E-state index in [4.69, 9.17) is 4.99 Å². The molecule has 1 unspecified atom stereocenters. The van der Waals surface area contributed by atoms with E-state index in [9.17, 15) is 0 Å². The van der Waals surface area contributed by atoms with Crippen LogP contribution >= 0.6 is 11.3 Å². The first-order chi connectivity index (χ1) is 26.5. The maximum absolute atomic E-state index is 5.49. The lowest BCUT2D eigenvalue weighted by atomic mass is 9.97. The van der Waals surface area contributed by atoms with Gasteiger partial charge in [-0.05, 0) is 71.1 Å². The minimum atomic E-state index is -0.292. The van der Waals surface area contributed by atoms with Crippen molar-refractivity contribution in [1.29, 1.82) is 0 Å². The number of hydrogen-bond acceptors (Lipinski definition) is 3. The molecule has 1 atom stereocenters. The van der Waals surface area contributed by atoms with E-state index in [0.717, 1.165) is 44.9 Å². The highest BCUT2D eigenvalue weighted by Crippen LogP contribution is 2.41. The van der Waals surface area contributed by atoms with Gasteiger partial charge in [0.15, 0.2) is 0 Å². The molecule has 0 spiro atoms. The summed E-state index contributed by atoms with van der Waals surface area (Å²) in [7, 11) is 2.10. The fourth-order valence-electron chi connectivity index (χ4n) is 7.83. The second-order valence-corrected chi connectivity index (χ2v) is 14.8. The van der Waals surface area contributed by atoms with Crippen molar-refractivity contribution in [3.8, 4) is 16.8 Å².